The van der Waals surface area contributed by atoms with Crippen LogP contribution in [0.5, 0.6) is 0 Å². The molecule has 0 unspecified atom stereocenters. The Balaban J connectivity index is 0.000000487. The van der Waals surface area contributed by atoms with Crippen molar-refractivity contribution < 1.29 is 4.42 Å². The smallest absolute Gasteiger partial charge is 0.192 e. The van der Waals surface area contributed by atoms with Crippen LogP contribution in [0.4, 0.5) is 0 Å². The average Bonchev–Trinajstić information content (AvgIpc) is 3.18. The lowest BCUT2D eigenvalue weighted by atomic mass is 10.2. The summed E-state index contributed by atoms with van der Waals surface area (Å²) in [6.07, 6.45) is 0. The molecule has 4 heteroatoms. The van der Waals surface area contributed by atoms with Crippen molar-refractivity contribution in [3.8, 4) is 10.6 Å². The van der Waals surface area contributed by atoms with Crippen LogP contribution in [0.25, 0.3) is 31.9 Å². The Hall–Kier alpha value is -2.20. The normalized spacial score (nSPS) is 10.1. The Bertz CT molecular complexity index is 869. The molecule has 2 aromatic carbocycles. The zero-order chi connectivity index (χ0) is 17.7. The van der Waals surface area contributed by atoms with E-state index in [0.717, 1.165) is 31.9 Å². The summed E-state index contributed by atoms with van der Waals surface area (Å²) in [4.78, 5) is 9.07. The molecule has 0 aliphatic carbocycles. The van der Waals surface area contributed by atoms with Gasteiger partial charge in [-0.1, -0.05) is 57.5 Å². The van der Waals surface area contributed by atoms with E-state index in [4.69, 9.17) is 9.40 Å². The van der Waals surface area contributed by atoms with Crippen molar-refractivity contribution in [1.82, 2.24) is 9.97 Å². The molecule has 0 saturated heterocycles. The molecule has 3 nitrogen and oxygen atoms in total. The van der Waals surface area contributed by atoms with Crippen LogP contribution in [0.3, 0.4) is 0 Å². The summed E-state index contributed by atoms with van der Waals surface area (Å²) in [6, 6.07) is 12.5. The Morgan fingerprint density at radius 2 is 1.50 bits per heavy atom. The lowest BCUT2D eigenvalue weighted by molar-refractivity contribution is 0.561. The molecular weight excluding hydrogens is 316 g/mol. The maximum Gasteiger partial charge on any atom is 0.192 e. The summed E-state index contributed by atoms with van der Waals surface area (Å²) >= 11 is 1.69. The van der Waals surface area contributed by atoms with E-state index >= 15 is 0 Å². The van der Waals surface area contributed by atoms with Crippen LogP contribution in [-0.4, -0.2) is 9.97 Å². The molecule has 0 fully saturated rings. The zero-order valence-corrected chi connectivity index (χ0v) is 16.0. The summed E-state index contributed by atoms with van der Waals surface area (Å²) < 4.78 is 6.70. The summed E-state index contributed by atoms with van der Waals surface area (Å²) in [7, 11) is 0. The van der Waals surface area contributed by atoms with Gasteiger partial charge in [0.1, 0.15) is 10.5 Å². The third kappa shape index (κ3) is 3.65. The minimum Gasteiger partial charge on any atom is -0.441 e. The number of benzene rings is 2. The van der Waals surface area contributed by atoms with Crippen molar-refractivity contribution in [1.29, 1.82) is 0 Å². The molecule has 0 atom stereocenters. The highest BCUT2D eigenvalue weighted by Crippen LogP contribution is 2.32. The Morgan fingerprint density at radius 3 is 2.17 bits per heavy atom. The lowest BCUT2D eigenvalue weighted by Crippen LogP contribution is -1.76. The fourth-order valence-corrected chi connectivity index (χ4v) is 3.27. The number of hydrogen-bond acceptors (Lipinski definition) is 4. The molecular formula is C20H24N2OS. The van der Waals surface area contributed by atoms with Crippen LogP contribution < -0.4 is 0 Å². The molecule has 0 spiro atoms. The maximum absolute atomic E-state index is 5.56. The number of hydrogen-bond donors (Lipinski definition) is 0. The Labute approximate surface area is 147 Å². The van der Waals surface area contributed by atoms with Gasteiger partial charge in [-0.15, -0.1) is 11.3 Å². The van der Waals surface area contributed by atoms with E-state index in [1.165, 1.54) is 5.56 Å². The number of oxazole rings is 1. The molecule has 0 aliphatic heterocycles. The fourth-order valence-electron chi connectivity index (χ4n) is 2.28. The number of aryl methyl sites for hydroxylation is 2. The third-order valence-corrected chi connectivity index (χ3v) is 4.37. The molecule has 2 aromatic heterocycles. The van der Waals surface area contributed by atoms with Crippen LogP contribution in [-0.2, 0) is 0 Å². The van der Waals surface area contributed by atoms with Gasteiger partial charge in [0.15, 0.2) is 11.5 Å². The fraction of sp³-hybridized carbons (Fsp3) is 0.300. The van der Waals surface area contributed by atoms with Gasteiger partial charge in [0.05, 0.1) is 10.2 Å². The Kier molecular flexibility index (Phi) is 6.10. The number of nitrogens with zero attached hydrogens (tertiary/aromatic N) is 2. The van der Waals surface area contributed by atoms with Gasteiger partial charge in [0.2, 0.25) is 0 Å². The van der Waals surface area contributed by atoms with Crippen LogP contribution in [0, 0.1) is 13.8 Å². The monoisotopic (exact) mass is 340 g/mol. The molecule has 0 amide bonds. The molecule has 0 N–H and O–H groups in total. The molecule has 24 heavy (non-hydrogen) atoms. The van der Waals surface area contributed by atoms with Gasteiger partial charge in [0, 0.05) is 18.6 Å². The minimum atomic E-state index is 0.691. The molecule has 0 radical (unpaired) electrons. The number of rotatable bonds is 1. The maximum atomic E-state index is 5.56. The SMILES string of the molecule is CC.CC.Cc1ccc(-c2nc3cc4oc(C)nc4cc3s2)cc1. The van der Waals surface area contributed by atoms with E-state index in [0.29, 0.717) is 5.89 Å². The first-order valence-corrected chi connectivity index (χ1v) is 9.25. The van der Waals surface area contributed by atoms with E-state index in [2.05, 4.69) is 42.2 Å². The van der Waals surface area contributed by atoms with Crippen molar-refractivity contribution in [2.45, 2.75) is 41.5 Å². The standard InChI is InChI=1S/C16H12N2OS.2C2H6/c1-9-3-5-11(6-4-9)16-18-13-7-14-12(8-15(13)20-16)17-10(2)19-14;2*1-2/h3-8H,1-2H3;2*1-2H3. The topological polar surface area (TPSA) is 38.9 Å². The third-order valence-electron chi connectivity index (χ3n) is 3.30. The quantitative estimate of drug-likeness (QED) is 0.383. The molecule has 4 aromatic rings. The molecule has 4 rings (SSSR count). The highest BCUT2D eigenvalue weighted by atomic mass is 32.1. The summed E-state index contributed by atoms with van der Waals surface area (Å²) in [5.41, 5.74) is 5.07. The molecule has 0 bridgehead atoms. The summed E-state index contributed by atoms with van der Waals surface area (Å²) in [5, 5.41) is 1.03. The lowest BCUT2D eigenvalue weighted by Gasteiger charge is -1.95. The van der Waals surface area contributed by atoms with Gasteiger partial charge in [-0.2, -0.15) is 0 Å². The first kappa shape index (κ1) is 18.1. The largest absolute Gasteiger partial charge is 0.441 e. The van der Waals surface area contributed by atoms with Crippen molar-refractivity contribution in [2.24, 2.45) is 0 Å². The second kappa shape index (κ2) is 8.06. The predicted molar refractivity (Wildman–Crippen MR) is 105 cm³/mol. The zero-order valence-electron chi connectivity index (χ0n) is 15.2. The van der Waals surface area contributed by atoms with Gasteiger partial charge in [-0.05, 0) is 13.0 Å². The number of aromatic nitrogens is 2. The van der Waals surface area contributed by atoms with E-state index in [1.54, 1.807) is 11.3 Å². The van der Waals surface area contributed by atoms with E-state index in [9.17, 15) is 0 Å². The van der Waals surface area contributed by atoms with Gasteiger partial charge >= 0.3 is 0 Å². The van der Waals surface area contributed by atoms with E-state index in [-0.39, 0.29) is 0 Å². The van der Waals surface area contributed by atoms with E-state index in [1.807, 2.05) is 40.7 Å². The molecule has 126 valence electrons. The van der Waals surface area contributed by atoms with Gasteiger partial charge in [0.25, 0.3) is 0 Å². The number of thiazole rings is 1. The van der Waals surface area contributed by atoms with E-state index < -0.39 is 0 Å². The van der Waals surface area contributed by atoms with Crippen LogP contribution in [0.1, 0.15) is 39.1 Å². The molecule has 2 heterocycles. The molecule has 0 aliphatic rings. The highest BCUT2D eigenvalue weighted by molar-refractivity contribution is 7.21. The number of fused-ring (bicyclic) bond motifs is 2. The average molecular weight is 340 g/mol. The van der Waals surface area contributed by atoms with Crippen LogP contribution in [0.2, 0.25) is 0 Å². The van der Waals surface area contributed by atoms with Crippen molar-refractivity contribution in [3.05, 3.63) is 47.9 Å². The first-order valence-electron chi connectivity index (χ1n) is 8.44. The van der Waals surface area contributed by atoms with Crippen molar-refractivity contribution >= 4 is 32.7 Å². The predicted octanol–water partition coefficient (Wildman–Crippen LogP) is 6.77. The van der Waals surface area contributed by atoms with Gasteiger partial charge in [-0.3, -0.25) is 0 Å². The van der Waals surface area contributed by atoms with Crippen LogP contribution >= 0.6 is 11.3 Å². The second-order valence-corrected chi connectivity index (χ2v) is 5.94. The Morgan fingerprint density at radius 1 is 0.833 bits per heavy atom. The highest BCUT2D eigenvalue weighted by Gasteiger charge is 2.10. The first-order chi connectivity index (χ1) is 11.7. The van der Waals surface area contributed by atoms with Crippen molar-refractivity contribution in [3.63, 3.8) is 0 Å². The molecule has 0 saturated carbocycles. The summed E-state index contributed by atoms with van der Waals surface area (Å²) in [5.74, 6) is 0.691. The second-order valence-electron chi connectivity index (χ2n) is 4.91. The summed E-state index contributed by atoms with van der Waals surface area (Å²) in [6.45, 7) is 11.9. The minimum absolute atomic E-state index is 0.691. The van der Waals surface area contributed by atoms with Gasteiger partial charge < -0.3 is 4.42 Å². The van der Waals surface area contributed by atoms with Crippen LogP contribution in [0.15, 0.2) is 40.8 Å². The van der Waals surface area contributed by atoms with Crippen molar-refractivity contribution in [2.75, 3.05) is 0 Å². The van der Waals surface area contributed by atoms with Gasteiger partial charge in [-0.25, -0.2) is 9.97 Å².